The average Bonchev–Trinajstić information content (AvgIpc) is 3.30. The van der Waals surface area contributed by atoms with Gasteiger partial charge >= 0.3 is 0 Å². The molecule has 0 unspecified atom stereocenters. The van der Waals surface area contributed by atoms with E-state index in [9.17, 15) is 8.42 Å². The number of halogens is 2. The van der Waals surface area contributed by atoms with Crippen molar-refractivity contribution >= 4 is 73.8 Å². The summed E-state index contributed by atoms with van der Waals surface area (Å²) in [5.41, 5.74) is 2.36. The molecule has 1 aromatic carbocycles. The summed E-state index contributed by atoms with van der Waals surface area (Å²) in [4.78, 5) is 7.42. The van der Waals surface area contributed by atoms with Crippen molar-refractivity contribution < 1.29 is 8.42 Å². The van der Waals surface area contributed by atoms with Crippen molar-refractivity contribution in [3.8, 4) is 0 Å². The highest BCUT2D eigenvalue weighted by Crippen LogP contribution is 2.25. The summed E-state index contributed by atoms with van der Waals surface area (Å²) in [7, 11) is -1.85. The molecule has 0 atom stereocenters. The third-order valence-corrected chi connectivity index (χ3v) is 7.29. The molecular formula is C18H23ClIN5O2S2. The molecule has 29 heavy (non-hydrogen) atoms. The van der Waals surface area contributed by atoms with Crippen LogP contribution < -0.4 is 15.4 Å². The SMILES string of the molecule is CN=C(NCCNS(=O)(=O)c1ccc(Cl)s1)NCCc1c[nH]c2ccccc12.I. The van der Waals surface area contributed by atoms with Gasteiger partial charge in [-0.3, -0.25) is 4.99 Å². The number of para-hydroxylation sites is 1. The quantitative estimate of drug-likeness (QED) is 0.145. The van der Waals surface area contributed by atoms with Gasteiger partial charge in [0.1, 0.15) is 4.21 Å². The number of aromatic amines is 1. The van der Waals surface area contributed by atoms with E-state index < -0.39 is 10.0 Å². The molecule has 0 spiro atoms. The van der Waals surface area contributed by atoms with Crippen molar-refractivity contribution in [2.45, 2.75) is 10.6 Å². The van der Waals surface area contributed by atoms with Gasteiger partial charge in [0.15, 0.2) is 5.96 Å². The maximum absolute atomic E-state index is 12.1. The number of aromatic nitrogens is 1. The van der Waals surface area contributed by atoms with E-state index in [-0.39, 0.29) is 34.7 Å². The Morgan fingerprint density at radius 1 is 1.14 bits per heavy atom. The molecule has 3 aromatic rings. The van der Waals surface area contributed by atoms with Crippen LogP contribution in [0.1, 0.15) is 5.56 Å². The van der Waals surface area contributed by atoms with Gasteiger partial charge in [-0.25, -0.2) is 13.1 Å². The van der Waals surface area contributed by atoms with E-state index in [1.165, 1.54) is 17.0 Å². The summed E-state index contributed by atoms with van der Waals surface area (Å²) in [6, 6.07) is 11.2. The number of hydrogen-bond acceptors (Lipinski definition) is 4. The number of aliphatic imine (C=N–C) groups is 1. The molecule has 3 rings (SSSR count). The van der Waals surface area contributed by atoms with E-state index >= 15 is 0 Å². The van der Waals surface area contributed by atoms with Crippen LogP contribution in [-0.2, 0) is 16.4 Å². The highest BCUT2D eigenvalue weighted by Gasteiger charge is 2.15. The Kier molecular flexibility index (Phi) is 9.21. The van der Waals surface area contributed by atoms with Gasteiger partial charge in [0.25, 0.3) is 0 Å². The lowest BCUT2D eigenvalue weighted by molar-refractivity contribution is 0.582. The molecule has 4 N–H and O–H groups in total. The second kappa shape index (κ2) is 11.2. The Bertz CT molecular complexity index is 1070. The number of thiophene rings is 1. The zero-order valence-electron chi connectivity index (χ0n) is 15.7. The molecule has 0 bridgehead atoms. The number of nitrogens with zero attached hydrogens (tertiary/aromatic N) is 1. The molecule has 0 fully saturated rings. The first-order valence-electron chi connectivity index (χ1n) is 8.74. The van der Waals surface area contributed by atoms with E-state index in [1.807, 2.05) is 18.3 Å². The lowest BCUT2D eigenvalue weighted by atomic mass is 10.1. The number of nitrogens with one attached hydrogen (secondary N) is 4. The van der Waals surface area contributed by atoms with Crippen molar-refractivity contribution in [3.05, 3.63) is 52.5 Å². The normalized spacial score (nSPS) is 12.0. The Hall–Kier alpha value is -1.34. The number of sulfonamides is 1. The molecule has 11 heteroatoms. The van der Waals surface area contributed by atoms with E-state index in [0.29, 0.717) is 23.4 Å². The summed E-state index contributed by atoms with van der Waals surface area (Å²) < 4.78 is 27.5. The van der Waals surface area contributed by atoms with Crippen molar-refractivity contribution in [2.75, 3.05) is 26.7 Å². The maximum atomic E-state index is 12.1. The predicted octanol–water partition coefficient (Wildman–Crippen LogP) is 3.19. The van der Waals surface area contributed by atoms with Gasteiger partial charge in [-0.05, 0) is 30.2 Å². The number of fused-ring (bicyclic) bond motifs is 1. The highest BCUT2D eigenvalue weighted by atomic mass is 127. The predicted molar refractivity (Wildman–Crippen MR) is 131 cm³/mol. The molecule has 0 saturated heterocycles. The van der Waals surface area contributed by atoms with Crippen LogP contribution in [0.2, 0.25) is 4.34 Å². The van der Waals surface area contributed by atoms with Crippen molar-refractivity contribution in [1.29, 1.82) is 0 Å². The molecule has 7 nitrogen and oxygen atoms in total. The van der Waals surface area contributed by atoms with E-state index in [2.05, 4.69) is 37.5 Å². The minimum Gasteiger partial charge on any atom is -0.361 e. The minimum absolute atomic E-state index is 0. The van der Waals surface area contributed by atoms with Crippen molar-refractivity contribution in [1.82, 2.24) is 20.3 Å². The Balaban J connectivity index is 0.00000300. The van der Waals surface area contributed by atoms with Gasteiger partial charge in [-0.2, -0.15) is 0 Å². The number of hydrogen-bond donors (Lipinski definition) is 4. The summed E-state index contributed by atoms with van der Waals surface area (Å²) in [5.74, 6) is 0.623. The number of H-pyrrole nitrogens is 1. The molecule has 2 heterocycles. The molecule has 158 valence electrons. The average molecular weight is 568 g/mol. The summed E-state index contributed by atoms with van der Waals surface area (Å²) in [6.45, 7) is 1.35. The van der Waals surface area contributed by atoms with E-state index in [1.54, 1.807) is 13.1 Å². The third-order valence-electron chi connectivity index (χ3n) is 4.11. The van der Waals surface area contributed by atoms with Crippen LogP contribution in [0.3, 0.4) is 0 Å². The first kappa shape index (κ1) is 23.9. The first-order valence-corrected chi connectivity index (χ1v) is 11.4. The standard InChI is InChI=1S/C18H22ClN5O2S2.HI/c1-20-18(21-9-8-13-12-23-15-5-3-2-4-14(13)15)22-10-11-24-28(25,26)17-7-6-16(19)27-17;/h2-7,12,23-24H,8-11H2,1H3,(H2,20,21,22);1H. The summed E-state index contributed by atoms with van der Waals surface area (Å²) in [6.07, 6.45) is 2.87. The van der Waals surface area contributed by atoms with Crippen LogP contribution in [0.25, 0.3) is 10.9 Å². The molecule has 0 amide bonds. The minimum atomic E-state index is -3.53. The summed E-state index contributed by atoms with van der Waals surface area (Å²) in [5, 5.41) is 7.55. The fraction of sp³-hybridized carbons (Fsp3) is 0.278. The van der Waals surface area contributed by atoms with E-state index in [4.69, 9.17) is 11.6 Å². The number of guanidine groups is 1. The second-order valence-electron chi connectivity index (χ2n) is 5.99. The molecule has 0 aliphatic carbocycles. The smallest absolute Gasteiger partial charge is 0.250 e. The maximum Gasteiger partial charge on any atom is 0.250 e. The van der Waals surface area contributed by atoms with Crippen LogP contribution in [-0.4, -0.2) is 46.0 Å². The van der Waals surface area contributed by atoms with Gasteiger partial charge in [-0.1, -0.05) is 29.8 Å². The third kappa shape index (κ3) is 6.57. The Morgan fingerprint density at radius 3 is 2.62 bits per heavy atom. The van der Waals surface area contributed by atoms with E-state index in [0.717, 1.165) is 23.3 Å². The lowest BCUT2D eigenvalue weighted by Crippen LogP contribution is -2.42. The van der Waals surface area contributed by atoms with Crippen molar-refractivity contribution in [2.24, 2.45) is 4.99 Å². The monoisotopic (exact) mass is 567 g/mol. The topological polar surface area (TPSA) is 98.4 Å². The molecule has 0 saturated carbocycles. The van der Waals surface area contributed by atoms with Crippen LogP contribution in [0.4, 0.5) is 0 Å². The second-order valence-corrected chi connectivity index (χ2v) is 9.70. The van der Waals surface area contributed by atoms with Crippen LogP contribution >= 0.6 is 46.9 Å². The fourth-order valence-corrected chi connectivity index (χ4v) is 5.31. The first-order chi connectivity index (χ1) is 13.5. The van der Waals surface area contributed by atoms with Gasteiger partial charge in [0, 0.05) is 43.8 Å². The zero-order chi connectivity index (χ0) is 20.0. The Labute approximate surface area is 196 Å². The van der Waals surface area contributed by atoms with Gasteiger partial charge < -0.3 is 15.6 Å². The summed E-state index contributed by atoms with van der Waals surface area (Å²) >= 11 is 6.82. The van der Waals surface area contributed by atoms with Crippen LogP contribution in [0.5, 0.6) is 0 Å². The fourth-order valence-electron chi connectivity index (χ4n) is 2.75. The molecule has 0 radical (unpaired) electrons. The molecular weight excluding hydrogens is 545 g/mol. The van der Waals surface area contributed by atoms with Gasteiger partial charge in [-0.15, -0.1) is 35.3 Å². The van der Waals surface area contributed by atoms with Crippen LogP contribution in [0.15, 0.2) is 51.8 Å². The van der Waals surface area contributed by atoms with Gasteiger partial charge in [0.2, 0.25) is 10.0 Å². The number of benzene rings is 1. The molecule has 2 aromatic heterocycles. The number of rotatable bonds is 8. The molecule has 0 aliphatic heterocycles. The largest absolute Gasteiger partial charge is 0.361 e. The van der Waals surface area contributed by atoms with Crippen LogP contribution in [0, 0.1) is 0 Å². The van der Waals surface area contributed by atoms with Gasteiger partial charge in [0.05, 0.1) is 4.34 Å². The van der Waals surface area contributed by atoms with Crippen molar-refractivity contribution in [3.63, 3.8) is 0 Å². The zero-order valence-corrected chi connectivity index (χ0v) is 20.5. The lowest BCUT2D eigenvalue weighted by Gasteiger charge is -2.12. The highest BCUT2D eigenvalue weighted by molar-refractivity contribution is 14.0. The Morgan fingerprint density at radius 2 is 1.90 bits per heavy atom. The molecule has 0 aliphatic rings.